The van der Waals surface area contributed by atoms with Crippen molar-refractivity contribution in [3.63, 3.8) is 0 Å². The van der Waals surface area contributed by atoms with Gasteiger partial charge in [0.2, 0.25) is 0 Å². The molecule has 0 rings (SSSR count). The van der Waals surface area contributed by atoms with Crippen molar-refractivity contribution in [2.45, 2.75) is 387 Å². The second-order valence-corrected chi connectivity index (χ2v) is 50.6. The van der Waals surface area contributed by atoms with Crippen molar-refractivity contribution in [3.8, 4) is 0 Å². The van der Waals surface area contributed by atoms with Gasteiger partial charge in [-0.15, -0.1) is 0 Å². The van der Waals surface area contributed by atoms with E-state index in [0.29, 0.717) is 0 Å². The maximum atomic E-state index is 2.47. The Hall–Kier alpha value is 1.44. The molecule has 0 aliphatic rings. The van der Waals surface area contributed by atoms with E-state index in [1.165, 1.54) is 384 Å². The quantitative estimate of drug-likeness (QED) is 0.0323. The highest BCUT2D eigenvalue weighted by atomic mass is 31.2. The third-order valence-corrected chi connectivity index (χ3v) is 23.4. The fourth-order valence-corrected chi connectivity index (χ4v) is 15.8. The highest BCUT2D eigenvalue weighted by Gasteiger charge is 2.18. The van der Waals surface area contributed by atoms with Crippen LogP contribution in [-0.4, -0.2) is 105 Å². The summed E-state index contributed by atoms with van der Waals surface area (Å²) in [7, 11) is -2.00. The third kappa shape index (κ3) is 118. The van der Waals surface area contributed by atoms with Gasteiger partial charge in [-0.3, -0.25) is 0 Å². The van der Waals surface area contributed by atoms with Gasteiger partial charge in [0, 0.05) is 109 Å². The second kappa shape index (κ2) is 80.5. The van der Waals surface area contributed by atoms with E-state index in [1.807, 2.05) is 0 Å². The number of halogens is 4. The van der Waals surface area contributed by atoms with Crippen molar-refractivity contribution in [1.29, 1.82) is 0 Å². The van der Waals surface area contributed by atoms with E-state index in [1.54, 1.807) is 0 Å². The van der Waals surface area contributed by atoms with E-state index in [0.717, 1.165) is 0 Å². The summed E-state index contributed by atoms with van der Waals surface area (Å²) in [5, 5.41) is 0. The van der Waals surface area contributed by atoms with Crippen molar-refractivity contribution in [3.05, 3.63) is 0 Å². The summed E-state index contributed by atoms with van der Waals surface area (Å²) in [6, 6.07) is 0. The molecule has 0 N–H and O–H groups in total. The summed E-state index contributed by atoms with van der Waals surface area (Å²) in [4.78, 5) is 0. The fourth-order valence-electron chi connectivity index (χ4n) is 11.1. The molecule has 0 saturated carbocycles. The number of rotatable bonds is 60. The first-order valence-electron chi connectivity index (χ1n) is 37.5. The lowest BCUT2D eigenvalue weighted by atomic mass is 10.0. The van der Waals surface area contributed by atoms with Gasteiger partial charge in [0.25, 0.3) is 0 Å². The second-order valence-electron chi connectivity index (χ2n) is 30.4. The Morgan fingerprint density at radius 3 is 0.262 bits per heavy atom. The van der Waals surface area contributed by atoms with Crippen LogP contribution in [0.2, 0.25) is 0 Å². The lowest BCUT2D eigenvalue weighted by Crippen LogP contribution is -3.00. The molecular formula is C76H168F4P4. The smallest absolute Gasteiger partial charge is 0.0586 e. The molecule has 0 nitrogen and oxygen atoms in total. The minimum atomic E-state index is -0.500. The summed E-state index contributed by atoms with van der Waals surface area (Å²) in [6.07, 6.45) is 88.4. The third-order valence-electron chi connectivity index (χ3n) is 16.7. The molecule has 8 heteroatoms. The molecule has 0 aromatic carbocycles. The lowest BCUT2D eigenvalue weighted by Gasteiger charge is -2.10. The maximum Gasteiger partial charge on any atom is 0.0586 e. The molecule has 0 saturated heterocycles. The van der Waals surface area contributed by atoms with Crippen LogP contribution in [0.3, 0.4) is 0 Å². The first-order chi connectivity index (χ1) is 38.2. The highest BCUT2D eigenvalue weighted by Crippen LogP contribution is 2.49. The minimum absolute atomic E-state index is 0. The molecule has 0 spiro atoms. The SMILES string of the molecule is CCCCCCCCCCCCCCCC[P+](C)(C)C.CCCCCCCCCCCCCCCC[P+](C)(C)C.CCCCCCCCCCCCCCCC[P+](C)(C)C.CCCCCCCCCCCCCCCC[P+](C)(C)C.[F-].[F-].[F-].[F-]. The Bertz CT molecular complexity index is 914. The van der Waals surface area contributed by atoms with Gasteiger partial charge in [0.1, 0.15) is 0 Å². The maximum absolute atomic E-state index is 2.47. The molecule has 0 radical (unpaired) electrons. The first-order valence-corrected chi connectivity index (χ1v) is 50.7. The van der Waals surface area contributed by atoms with Gasteiger partial charge < -0.3 is 18.8 Å². The topological polar surface area (TPSA) is 0 Å². The predicted molar refractivity (Wildman–Crippen MR) is 399 cm³/mol. The van der Waals surface area contributed by atoms with E-state index in [4.69, 9.17) is 0 Å². The van der Waals surface area contributed by atoms with Crippen LogP contribution < -0.4 is 18.8 Å². The summed E-state index contributed by atoms with van der Waals surface area (Å²) in [6.45, 7) is 38.8. The Balaban J connectivity index is -0.000000150. The van der Waals surface area contributed by atoms with Crippen LogP contribution in [0.4, 0.5) is 0 Å². The highest BCUT2D eigenvalue weighted by molar-refractivity contribution is 7.74. The zero-order valence-corrected chi connectivity index (χ0v) is 65.3. The van der Waals surface area contributed by atoms with Gasteiger partial charge in [-0.05, 0) is 51.4 Å². The molecule has 0 unspecified atom stereocenters. The zero-order valence-electron chi connectivity index (χ0n) is 61.7. The van der Waals surface area contributed by atoms with Crippen molar-refractivity contribution in [2.24, 2.45) is 0 Å². The summed E-state index contributed by atoms with van der Waals surface area (Å²) < 4.78 is 0. The van der Waals surface area contributed by atoms with Crippen molar-refractivity contribution >= 4 is 29.0 Å². The molecule has 0 bridgehead atoms. The lowest BCUT2D eigenvalue weighted by molar-refractivity contribution is -0.00100. The van der Waals surface area contributed by atoms with Gasteiger partial charge in [-0.1, -0.05) is 336 Å². The molecule has 84 heavy (non-hydrogen) atoms. The van der Waals surface area contributed by atoms with E-state index in [-0.39, 0.29) is 18.8 Å². The van der Waals surface area contributed by atoms with Gasteiger partial charge in [0.15, 0.2) is 0 Å². The van der Waals surface area contributed by atoms with Crippen LogP contribution in [0.25, 0.3) is 0 Å². The van der Waals surface area contributed by atoms with E-state index in [2.05, 4.69) is 108 Å². The predicted octanol–water partition coefficient (Wildman–Crippen LogP) is 17.5. The summed E-state index contributed by atoms with van der Waals surface area (Å²) >= 11 is 0. The van der Waals surface area contributed by atoms with Crippen molar-refractivity contribution in [1.82, 2.24) is 0 Å². The van der Waals surface area contributed by atoms with Crippen LogP contribution in [0.1, 0.15) is 387 Å². The van der Waals surface area contributed by atoms with Crippen molar-refractivity contribution < 1.29 is 18.8 Å². The standard InChI is InChI=1S/4C19H42P.4FH/c4*1-5-6-7-8-9-10-11-12-13-14-15-16-17-18-19-20(2,3)4;;;;/h4*5-19H2,1-4H3;4*1H/q4*+1;;;;/p-4. The van der Waals surface area contributed by atoms with Crippen LogP contribution in [0, 0.1) is 0 Å². The molecule has 0 aliphatic carbocycles. The minimum Gasteiger partial charge on any atom is -1.00 e. The fraction of sp³-hybridized carbons (Fsp3) is 1.00. The van der Waals surface area contributed by atoms with Gasteiger partial charge in [-0.2, -0.15) is 0 Å². The average Bonchev–Trinajstić information content (AvgIpc) is 3.38. The zero-order chi connectivity index (χ0) is 60.4. The largest absolute Gasteiger partial charge is 1.00 e. The van der Waals surface area contributed by atoms with Crippen LogP contribution in [0.15, 0.2) is 0 Å². The van der Waals surface area contributed by atoms with E-state index in [9.17, 15) is 0 Å². The molecule has 0 aliphatic heterocycles. The molecule has 0 aromatic heterocycles. The molecular weight excluding hydrogens is 1110 g/mol. The first kappa shape index (κ1) is 102. The van der Waals surface area contributed by atoms with Crippen LogP contribution >= 0.6 is 29.0 Å². The molecule has 0 atom stereocenters. The normalized spacial score (nSPS) is 11.4. The van der Waals surface area contributed by atoms with Crippen molar-refractivity contribution in [2.75, 3.05) is 105 Å². The molecule has 0 amide bonds. The Kier molecular flexibility index (Phi) is 97.4. The number of hydrogen-bond donors (Lipinski definition) is 0. The monoisotopic (exact) mass is 1280 g/mol. The van der Waals surface area contributed by atoms with E-state index < -0.39 is 29.0 Å². The Morgan fingerprint density at radius 2 is 0.190 bits per heavy atom. The Labute approximate surface area is 536 Å². The summed E-state index contributed by atoms with van der Waals surface area (Å²) in [5.74, 6) is 0. The molecule has 520 valence electrons. The Morgan fingerprint density at radius 1 is 0.119 bits per heavy atom. The van der Waals surface area contributed by atoms with Crippen LogP contribution in [0.5, 0.6) is 0 Å². The van der Waals surface area contributed by atoms with Gasteiger partial charge in [0.05, 0.1) is 24.6 Å². The molecule has 0 aromatic rings. The summed E-state index contributed by atoms with van der Waals surface area (Å²) in [5.41, 5.74) is 0. The molecule has 0 heterocycles. The van der Waals surface area contributed by atoms with Gasteiger partial charge in [-0.25, -0.2) is 0 Å². The average molecular weight is 1280 g/mol. The van der Waals surface area contributed by atoms with E-state index >= 15 is 0 Å². The molecule has 0 fully saturated rings. The van der Waals surface area contributed by atoms with Crippen LogP contribution in [-0.2, 0) is 0 Å². The van der Waals surface area contributed by atoms with Gasteiger partial charge >= 0.3 is 0 Å². The number of hydrogen-bond acceptors (Lipinski definition) is 0. The number of unbranched alkanes of at least 4 members (excludes halogenated alkanes) is 52.